The summed E-state index contributed by atoms with van der Waals surface area (Å²) in [5.74, 6) is -0.868. The minimum Gasteiger partial charge on any atom is -0.334 e. The number of carbonyl (C=O) groups excluding carboxylic acids is 1. The average Bonchev–Trinajstić information content (AvgIpc) is 3.29. The SMILES string of the molecule is O=C1CC(c2noc(-c3ccc(C(F)(F)F)cc3)n2)CN1c1ccccc1F. The van der Waals surface area contributed by atoms with Gasteiger partial charge < -0.3 is 9.42 Å². The number of carbonyl (C=O) groups is 1. The fourth-order valence-corrected chi connectivity index (χ4v) is 3.10. The minimum absolute atomic E-state index is 0.0560. The summed E-state index contributed by atoms with van der Waals surface area (Å²) in [5, 5.41) is 3.85. The molecule has 2 aromatic carbocycles. The summed E-state index contributed by atoms with van der Waals surface area (Å²) in [6.07, 6.45) is -4.35. The van der Waals surface area contributed by atoms with Gasteiger partial charge in [-0.3, -0.25) is 4.79 Å². The lowest BCUT2D eigenvalue weighted by Gasteiger charge is -2.16. The first-order valence-corrected chi connectivity index (χ1v) is 8.39. The van der Waals surface area contributed by atoms with Gasteiger partial charge in [0.25, 0.3) is 5.89 Å². The molecule has 1 saturated heterocycles. The van der Waals surface area contributed by atoms with Crippen molar-refractivity contribution in [2.75, 3.05) is 11.4 Å². The van der Waals surface area contributed by atoms with Crippen LogP contribution in [-0.4, -0.2) is 22.6 Å². The molecule has 1 amide bonds. The van der Waals surface area contributed by atoms with Crippen molar-refractivity contribution in [3.63, 3.8) is 0 Å². The number of benzene rings is 2. The van der Waals surface area contributed by atoms with Gasteiger partial charge in [0.15, 0.2) is 5.82 Å². The highest BCUT2D eigenvalue weighted by molar-refractivity contribution is 5.96. The zero-order valence-corrected chi connectivity index (χ0v) is 14.3. The second-order valence-electron chi connectivity index (χ2n) is 6.39. The van der Waals surface area contributed by atoms with E-state index in [9.17, 15) is 22.4 Å². The third-order valence-electron chi connectivity index (χ3n) is 4.53. The fourth-order valence-electron chi connectivity index (χ4n) is 3.10. The molecule has 1 aliphatic rings. The van der Waals surface area contributed by atoms with Crippen LogP contribution in [0.25, 0.3) is 11.5 Å². The predicted molar refractivity (Wildman–Crippen MR) is 90.8 cm³/mol. The van der Waals surface area contributed by atoms with E-state index in [0.717, 1.165) is 12.1 Å². The van der Waals surface area contributed by atoms with Crippen LogP contribution in [0.4, 0.5) is 23.2 Å². The van der Waals surface area contributed by atoms with E-state index < -0.39 is 23.5 Å². The Morgan fingerprint density at radius 3 is 2.46 bits per heavy atom. The number of hydrogen-bond acceptors (Lipinski definition) is 4. The van der Waals surface area contributed by atoms with E-state index in [0.29, 0.717) is 5.56 Å². The summed E-state index contributed by atoms with van der Waals surface area (Å²) < 4.78 is 57.1. The van der Waals surface area contributed by atoms with E-state index >= 15 is 0 Å². The molecule has 0 saturated carbocycles. The molecule has 28 heavy (non-hydrogen) atoms. The quantitative estimate of drug-likeness (QED) is 0.621. The van der Waals surface area contributed by atoms with Crippen LogP contribution >= 0.6 is 0 Å². The highest BCUT2D eigenvalue weighted by Crippen LogP contribution is 2.34. The van der Waals surface area contributed by atoms with Gasteiger partial charge in [0, 0.05) is 24.4 Å². The van der Waals surface area contributed by atoms with Crippen LogP contribution in [0.3, 0.4) is 0 Å². The highest BCUT2D eigenvalue weighted by atomic mass is 19.4. The van der Waals surface area contributed by atoms with Crippen molar-refractivity contribution in [2.24, 2.45) is 0 Å². The lowest BCUT2D eigenvalue weighted by Crippen LogP contribution is -2.25. The van der Waals surface area contributed by atoms with Crippen LogP contribution in [0, 0.1) is 5.82 Å². The van der Waals surface area contributed by atoms with Gasteiger partial charge in [-0.1, -0.05) is 17.3 Å². The average molecular weight is 391 g/mol. The minimum atomic E-state index is -4.43. The fraction of sp³-hybridized carbons (Fsp3) is 0.211. The Bertz CT molecular complexity index is 1010. The number of hydrogen-bond donors (Lipinski definition) is 0. The molecule has 1 unspecified atom stereocenters. The molecule has 9 heteroatoms. The van der Waals surface area contributed by atoms with Gasteiger partial charge in [-0.05, 0) is 36.4 Å². The standard InChI is InChI=1S/C19H13F4N3O2/c20-14-3-1-2-4-15(14)26-10-12(9-16(26)27)17-24-18(28-25-17)11-5-7-13(8-6-11)19(21,22)23/h1-8,12H,9-10H2. The Balaban J connectivity index is 1.54. The lowest BCUT2D eigenvalue weighted by atomic mass is 10.1. The maximum Gasteiger partial charge on any atom is 0.416 e. The molecule has 3 aromatic rings. The van der Waals surface area contributed by atoms with Crippen molar-refractivity contribution in [1.29, 1.82) is 0 Å². The van der Waals surface area contributed by atoms with E-state index in [4.69, 9.17) is 4.52 Å². The number of anilines is 1. The monoisotopic (exact) mass is 391 g/mol. The van der Waals surface area contributed by atoms with Gasteiger partial charge >= 0.3 is 6.18 Å². The molecule has 0 bridgehead atoms. The molecule has 4 rings (SSSR count). The molecule has 0 N–H and O–H groups in total. The van der Waals surface area contributed by atoms with Gasteiger partial charge in [-0.2, -0.15) is 18.2 Å². The van der Waals surface area contributed by atoms with Crippen molar-refractivity contribution in [3.8, 4) is 11.5 Å². The number of alkyl halides is 3. The summed E-state index contributed by atoms with van der Waals surface area (Å²) in [7, 11) is 0. The van der Waals surface area contributed by atoms with E-state index in [2.05, 4.69) is 10.1 Å². The second-order valence-corrected chi connectivity index (χ2v) is 6.39. The van der Waals surface area contributed by atoms with E-state index in [1.54, 1.807) is 6.07 Å². The van der Waals surface area contributed by atoms with Crippen molar-refractivity contribution >= 4 is 11.6 Å². The Labute approximate surface area is 156 Å². The van der Waals surface area contributed by atoms with E-state index in [-0.39, 0.29) is 36.3 Å². The zero-order valence-electron chi connectivity index (χ0n) is 14.3. The molecule has 0 aliphatic carbocycles. The molecule has 1 atom stereocenters. The summed E-state index contributed by atoms with van der Waals surface area (Å²) in [6, 6.07) is 10.3. The number of nitrogens with zero attached hydrogens (tertiary/aromatic N) is 3. The first kappa shape index (κ1) is 18.1. The van der Waals surface area contributed by atoms with Crippen LogP contribution in [0.2, 0.25) is 0 Å². The molecule has 1 aliphatic heterocycles. The van der Waals surface area contributed by atoms with Crippen LogP contribution < -0.4 is 4.90 Å². The van der Waals surface area contributed by atoms with E-state index in [1.807, 2.05) is 0 Å². The molecule has 0 spiro atoms. The Kier molecular flexibility index (Phi) is 4.37. The van der Waals surface area contributed by atoms with Crippen molar-refractivity contribution in [3.05, 3.63) is 65.7 Å². The smallest absolute Gasteiger partial charge is 0.334 e. The summed E-state index contributed by atoms with van der Waals surface area (Å²) in [6.45, 7) is 0.186. The van der Waals surface area contributed by atoms with Crippen LogP contribution in [0.5, 0.6) is 0 Å². The van der Waals surface area contributed by atoms with Crippen LogP contribution in [-0.2, 0) is 11.0 Å². The topological polar surface area (TPSA) is 59.2 Å². The Morgan fingerprint density at radius 2 is 1.79 bits per heavy atom. The van der Waals surface area contributed by atoms with Crippen molar-refractivity contribution in [1.82, 2.24) is 10.1 Å². The van der Waals surface area contributed by atoms with Crippen molar-refractivity contribution in [2.45, 2.75) is 18.5 Å². The predicted octanol–water partition coefficient (Wildman–Crippen LogP) is 4.42. The molecule has 1 aromatic heterocycles. The Morgan fingerprint density at radius 1 is 1.07 bits per heavy atom. The first-order chi connectivity index (χ1) is 13.3. The van der Waals surface area contributed by atoms with Gasteiger partial charge in [-0.25, -0.2) is 4.39 Å². The lowest BCUT2D eigenvalue weighted by molar-refractivity contribution is -0.137. The van der Waals surface area contributed by atoms with Gasteiger partial charge in [-0.15, -0.1) is 0 Å². The van der Waals surface area contributed by atoms with Crippen LogP contribution in [0.1, 0.15) is 23.7 Å². The molecule has 2 heterocycles. The van der Waals surface area contributed by atoms with E-state index in [1.165, 1.54) is 35.2 Å². The zero-order chi connectivity index (χ0) is 19.9. The summed E-state index contributed by atoms with van der Waals surface area (Å²) >= 11 is 0. The molecule has 144 valence electrons. The van der Waals surface area contributed by atoms with Gasteiger partial charge in [0.1, 0.15) is 5.82 Å². The number of rotatable bonds is 3. The summed E-state index contributed by atoms with van der Waals surface area (Å²) in [4.78, 5) is 17.8. The largest absolute Gasteiger partial charge is 0.416 e. The third kappa shape index (κ3) is 3.35. The molecule has 5 nitrogen and oxygen atoms in total. The number of amides is 1. The highest BCUT2D eigenvalue weighted by Gasteiger charge is 2.36. The Hall–Kier alpha value is -3.23. The second kappa shape index (κ2) is 6.74. The molecular formula is C19H13F4N3O2. The summed E-state index contributed by atoms with van der Waals surface area (Å²) in [5.41, 5.74) is -0.263. The third-order valence-corrected chi connectivity index (χ3v) is 4.53. The van der Waals surface area contributed by atoms with Crippen molar-refractivity contribution < 1.29 is 26.9 Å². The number of aromatic nitrogens is 2. The molecular weight excluding hydrogens is 378 g/mol. The van der Waals surface area contributed by atoms with Gasteiger partial charge in [0.2, 0.25) is 5.91 Å². The maximum atomic E-state index is 14.0. The molecule has 1 fully saturated rings. The van der Waals surface area contributed by atoms with Crippen LogP contribution in [0.15, 0.2) is 53.1 Å². The first-order valence-electron chi connectivity index (χ1n) is 8.39. The normalized spacial score (nSPS) is 17.4. The maximum absolute atomic E-state index is 14.0. The molecule has 0 radical (unpaired) electrons. The number of para-hydroxylation sites is 1. The number of halogens is 4. The van der Waals surface area contributed by atoms with Gasteiger partial charge in [0.05, 0.1) is 11.3 Å².